The lowest BCUT2D eigenvalue weighted by Gasteiger charge is -2.14. The fourth-order valence-corrected chi connectivity index (χ4v) is 2.00. The molecule has 0 saturated carbocycles. The number of aryl methyl sites for hydroxylation is 1. The summed E-state index contributed by atoms with van der Waals surface area (Å²) in [5.74, 6) is 2.39. The highest BCUT2D eigenvalue weighted by atomic mass is 16.5. The molecule has 0 heterocycles. The second-order valence-electron chi connectivity index (χ2n) is 5.09. The molecule has 0 saturated heterocycles. The van der Waals surface area contributed by atoms with Gasteiger partial charge in [-0.05, 0) is 44.4 Å². The lowest BCUT2D eigenvalue weighted by atomic mass is 10.1. The van der Waals surface area contributed by atoms with Gasteiger partial charge < -0.3 is 20.1 Å². The molecule has 0 radical (unpaired) electrons. The summed E-state index contributed by atoms with van der Waals surface area (Å²) >= 11 is 0. The van der Waals surface area contributed by atoms with Crippen LogP contribution in [0.5, 0.6) is 11.5 Å². The average Bonchev–Trinajstić information content (AvgIpc) is 2.49. The predicted molar refractivity (Wildman–Crippen MR) is 87.5 cm³/mol. The number of nitrogens with one attached hydrogen (secondary N) is 2. The summed E-state index contributed by atoms with van der Waals surface area (Å²) in [6.07, 6.45) is 2.00. The van der Waals surface area contributed by atoms with Crippen molar-refractivity contribution in [3.63, 3.8) is 0 Å². The molecular weight excluding hydrogens is 266 g/mol. The molecule has 0 fully saturated rings. The zero-order chi connectivity index (χ0) is 15.7. The summed E-state index contributed by atoms with van der Waals surface area (Å²) in [5.41, 5.74) is 1.24. The molecule has 0 aliphatic rings. The first-order valence-electron chi connectivity index (χ1n) is 7.28. The highest BCUT2D eigenvalue weighted by Gasteiger charge is 2.04. The van der Waals surface area contributed by atoms with E-state index < -0.39 is 0 Å². The van der Waals surface area contributed by atoms with E-state index in [4.69, 9.17) is 9.47 Å². The molecule has 0 spiro atoms. The Labute approximate surface area is 127 Å². The molecule has 0 aliphatic heterocycles. The average molecular weight is 293 g/mol. The van der Waals surface area contributed by atoms with E-state index >= 15 is 0 Å². The van der Waals surface area contributed by atoms with Crippen LogP contribution in [0.1, 0.15) is 25.8 Å². The Morgan fingerprint density at radius 3 is 2.48 bits per heavy atom. The molecule has 21 heavy (non-hydrogen) atoms. The molecule has 0 unspecified atom stereocenters. The maximum absolute atomic E-state index is 5.31. The van der Waals surface area contributed by atoms with Crippen molar-refractivity contribution in [1.29, 1.82) is 0 Å². The fourth-order valence-electron chi connectivity index (χ4n) is 2.00. The molecule has 1 rings (SSSR count). The van der Waals surface area contributed by atoms with Gasteiger partial charge in [0.05, 0.1) is 14.2 Å². The Bertz CT molecular complexity index is 459. The van der Waals surface area contributed by atoms with E-state index in [-0.39, 0.29) is 0 Å². The lowest BCUT2D eigenvalue weighted by Crippen LogP contribution is -2.41. The van der Waals surface area contributed by atoms with Gasteiger partial charge in [0.25, 0.3) is 0 Å². The summed E-state index contributed by atoms with van der Waals surface area (Å²) in [7, 11) is 5.09. The Kier molecular flexibility index (Phi) is 7.43. The van der Waals surface area contributed by atoms with Crippen LogP contribution in [-0.2, 0) is 6.42 Å². The summed E-state index contributed by atoms with van der Waals surface area (Å²) < 4.78 is 10.6. The Balaban J connectivity index is 2.42. The number of nitrogens with zero attached hydrogens (tertiary/aromatic N) is 1. The molecule has 0 atom stereocenters. The third-order valence-electron chi connectivity index (χ3n) is 3.03. The van der Waals surface area contributed by atoms with Crippen LogP contribution in [0.4, 0.5) is 0 Å². The highest BCUT2D eigenvalue weighted by molar-refractivity contribution is 5.79. The van der Waals surface area contributed by atoms with Gasteiger partial charge in [0, 0.05) is 19.6 Å². The quantitative estimate of drug-likeness (QED) is 0.460. The van der Waals surface area contributed by atoms with Crippen LogP contribution in [0, 0.1) is 0 Å². The van der Waals surface area contributed by atoms with Gasteiger partial charge in [0.15, 0.2) is 17.5 Å². The molecule has 0 aromatic heterocycles. The minimum absolute atomic E-state index is 0.377. The van der Waals surface area contributed by atoms with Crippen LogP contribution in [0.3, 0.4) is 0 Å². The maximum Gasteiger partial charge on any atom is 0.191 e. The van der Waals surface area contributed by atoms with Gasteiger partial charge in [-0.15, -0.1) is 0 Å². The van der Waals surface area contributed by atoms with Gasteiger partial charge in [-0.2, -0.15) is 0 Å². The topological polar surface area (TPSA) is 54.9 Å². The zero-order valence-electron chi connectivity index (χ0n) is 13.7. The normalized spacial score (nSPS) is 11.4. The van der Waals surface area contributed by atoms with Gasteiger partial charge in [-0.1, -0.05) is 6.07 Å². The van der Waals surface area contributed by atoms with Crippen LogP contribution in [0.2, 0.25) is 0 Å². The highest BCUT2D eigenvalue weighted by Crippen LogP contribution is 2.27. The predicted octanol–water partition coefficient (Wildman–Crippen LogP) is 2.21. The molecule has 1 aromatic carbocycles. The van der Waals surface area contributed by atoms with E-state index in [0.29, 0.717) is 6.04 Å². The largest absolute Gasteiger partial charge is 0.493 e. The van der Waals surface area contributed by atoms with Gasteiger partial charge in [-0.3, -0.25) is 4.99 Å². The smallest absolute Gasteiger partial charge is 0.191 e. The van der Waals surface area contributed by atoms with E-state index in [1.165, 1.54) is 5.56 Å². The van der Waals surface area contributed by atoms with Crippen molar-refractivity contribution in [2.45, 2.75) is 32.7 Å². The van der Waals surface area contributed by atoms with Crippen LogP contribution in [0.15, 0.2) is 23.2 Å². The SMILES string of the molecule is CN=C(NCCCc1ccc(OC)c(OC)c1)NC(C)C. The summed E-state index contributed by atoms with van der Waals surface area (Å²) in [4.78, 5) is 4.18. The van der Waals surface area contributed by atoms with E-state index in [1.54, 1.807) is 21.3 Å². The van der Waals surface area contributed by atoms with Gasteiger partial charge in [0.1, 0.15) is 0 Å². The third-order valence-corrected chi connectivity index (χ3v) is 3.03. The summed E-state index contributed by atoms with van der Waals surface area (Å²) in [6, 6.07) is 6.42. The number of rotatable bonds is 7. The minimum atomic E-state index is 0.377. The monoisotopic (exact) mass is 293 g/mol. The first-order chi connectivity index (χ1) is 10.1. The van der Waals surface area contributed by atoms with Crippen LogP contribution in [0.25, 0.3) is 0 Å². The number of hydrogen-bond donors (Lipinski definition) is 2. The lowest BCUT2D eigenvalue weighted by molar-refractivity contribution is 0.354. The second-order valence-corrected chi connectivity index (χ2v) is 5.09. The number of benzene rings is 1. The van der Waals surface area contributed by atoms with Crippen molar-refractivity contribution in [2.24, 2.45) is 4.99 Å². The number of ether oxygens (including phenoxy) is 2. The zero-order valence-corrected chi connectivity index (χ0v) is 13.7. The number of guanidine groups is 1. The van der Waals surface area contributed by atoms with E-state index in [0.717, 1.165) is 36.8 Å². The van der Waals surface area contributed by atoms with E-state index in [1.807, 2.05) is 12.1 Å². The van der Waals surface area contributed by atoms with E-state index in [9.17, 15) is 0 Å². The van der Waals surface area contributed by atoms with Crippen molar-refractivity contribution < 1.29 is 9.47 Å². The molecular formula is C16H27N3O2. The molecule has 118 valence electrons. The van der Waals surface area contributed by atoms with Crippen LogP contribution in [-0.4, -0.2) is 39.8 Å². The standard InChI is InChI=1S/C16H27N3O2/c1-12(2)19-16(17-3)18-10-6-7-13-8-9-14(20-4)15(11-13)21-5/h8-9,11-12H,6-7,10H2,1-5H3,(H2,17,18,19). The van der Waals surface area contributed by atoms with Gasteiger partial charge in [-0.25, -0.2) is 0 Å². The Morgan fingerprint density at radius 2 is 1.90 bits per heavy atom. The molecule has 2 N–H and O–H groups in total. The molecule has 1 aromatic rings. The Hall–Kier alpha value is -1.91. The molecule has 0 amide bonds. The molecule has 0 bridgehead atoms. The minimum Gasteiger partial charge on any atom is -0.493 e. The van der Waals surface area contributed by atoms with E-state index in [2.05, 4.69) is 35.5 Å². The number of hydrogen-bond acceptors (Lipinski definition) is 3. The maximum atomic E-state index is 5.31. The number of aliphatic imine (C=N–C) groups is 1. The van der Waals surface area contributed by atoms with Crippen molar-refractivity contribution >= 4 is 5.96 Å². The molecule has 5 heteroatoms. The molecule has 5 nitrogen and oxygen atoms in total. The van der Waals surface area contributed by atoms with Gasteiger partial charge in [0.2, 0.25) is 0 Å². The van der Waals surface area contributed by atoms with Gasteiger partial charge >= 0.3 is 0 Å². The summed E-state index contributed by atoms with van der Waals surface area (Å²) in [6.45, 7) is 5.06. The van der Waals surface area contributed by atoms with Crippen LogP contribution >= 0.6 is 0 Å². The van der Waals surface area contributed by atoms with Crippen LogP contribution < -0.4 is 20.1 Å². The van der Waals surface area contributed by atoms with Crippen molar-refractivity contribution in [3.05, 3.63) is 23.8 Å². The number of methoxy groups -OCH3 is 2. The first-order valence-corrected chi connectivity index (χ1v) is 7.28. The molecule has 0 aliphatic carbocycles. The Morgan fingerprint density at radius 1 is 1.19 bits per heavy atom. The van der Waals surface area contributed by atoms with Crippen molar-refractivity contribution in [1.82, 2.24) is 10.6 Å². The van der Waals surface area contributed by atoms with Crippen molar-refractivity contribution in [3.8, 4) is 11.5 Å². The first kappa shape index (κ1) is 17.1. The fraction of sp³-hybridized carbons (Fsp3) is 0.562. The summed E-state index contributed by atoms with van der Waals surface area (Å²) in [5, 5.41) is 6.57. The second kappa shape index (κ2) is 9.10. The van der Waals surface area contributed by atoms with Crippen molar-refractivity contribution in [2.75, 3.05) is 27.8 Å². The third kappa shape index (κ3) is 5.94.